The number of rotatable bonds is 17. The van der Waals surface area contributed by atoms with Crippen molar-refractivity contribution in [2.75, 3.05) is 11.9 Å². The molecular formula is C39H52N4O4. The molecule has 8 heteroatoms. The average Bonchev–Trinajstić information content (AvgIpc) is 3.47. The molecule has 0 fully saturated rings. The Kier molecular flexibility index (Phi) is 15.7. The molecule has 0 aliphatic carbocycles. The lowest BCUT2D eigenvalue weighted by atomic mass is 9.86. The van der Waals surface area contributed by atoms with Gasteiger partial charge in [0.2, 0.25) is 11.8 Å². The Morgan fingerprint density at radius 1 is 0.787 bits per heavy atom. The first kappa shape index (κ1) is 37.0. The molecule has 0 bridgehead atoms. The van der Waals surface area contributed by atoms with Gasteiger partial charge in [-0.15, -0.1) is 0 Å². The minimum atomic E-state index is -0.896. The highest BCUT2D eigenvalue weighted by atomic mass is 16.4. The summed E-state index contributed by atoms with van der Waals surface area (Å²) in [6, 6.07) is 25.3. The molecule has 0 aliphatic heterocycles. The summed E-state index contributed by atoms with van der Waals surface area (Å²) in [5.74, 6) is -0.978. The number of fused-ring (bicyclic) bond motifs is 1. The van der Waals surface area contributed by atoms with E-state index in [2.05, 4.69) is 72.6 Å². The van der Waals surface area contributed by atoms with Gasteiger partial charge in [0.15, 0.2) is 0 Å². The first-order valence-electron chi connectivity index (χ1n) is 17.0. The number of unbranched alkanes of at least 4 members (excludes halogenated alkanes) is 1. The van der Waals surface area contributed by atoms with Crippen molar-refractivity contribution in [3.05, 3.63) is 95.8 Å². The summed E-state index contributed by atoms with van der Waals surface area (Å²) in [4.78, 5) is 46.0. The second-order valence-corrected chi connectivity index (χ2v) is 12.9. The summed E-state index contributed by atoms with van der Waals surface area (Å²) in [6.07, 6.45) is 6.18. The van der Waals surface area contributed by atoms with Crippen molar-refractivity contribution in [3.8, 4) is 0 Å². The van der Waals surface area contributed by atoms with Crippen LogP contribution in [0.15, 0.2) is 78.9 Å². The van der Waals surface area contributed by atoms with Gasteiger partial charge in [0.25, 0.3) is 0 Å². The van der Waals surface area contributed by atoms with Crippen LogP contribution in [0.25, 0.3) is 11.0 Å². The number of hydrogen-bond acceptors (Lipinski definition) is 4. The number of aliphatic carboxylic acids is 1. The van der Waals surface area contributed by atoms with Crippen molar-refractivity contribution in [1.29, 1.82) is 0 Å². The van der Waals surface area contributed by atoms with Crippen molar-refractivity contribution in [2.45, 2.75) is 85.5 Å². The smallest absolute Gasteiger partial charge is 0.306 e. The van der Waals surface area contributed by atoms with E-state index in [9.17, 15) is 19.5 Å². The molecule has 8 nitrogen and oxygen atoms in total. The van der Waals surface area contributed by atoms with Crippen LogP contribution in [0.3, 0.4) is 0 Å². The van der Waals surface area contributed by atoms with E-state index in [-0.39, 0.29) is 24.8 Å². The number of nitrogens with zero attached hydrogens (tertiary/aromatic N) is 1. The Morgan fingerprint density at radius 2 is 1.43 bits per heavy atom. The molecule has 47 heavy (non-hydrogen) atoms. The fourth-order valence-electron chi connectivity index (χ4n) is 5.39. The Hall–Kier alpha value is -4.46. The van der Waals surface area contributed by atoms with Gasteiger partial charge in [-0.05, 0) is 79.8 Å². The predicted molar refractivity (Wildman–Crippen MR) is 190 cm³/mol. The third kappa shape index (κ3) is 13.8. The molecule has 1 heterocycles. The number of carboxylic acid groups (broad SMARTS) is 1. The van der Waals surface area contributed by atoms with E-state index in [1.807, 2.05) is 42.5 Å². The Bertz CT molecular complexity index is 1480. The Labute approximate surface area is 279 Å². The van der Waals surface area contributed by atoms with E-state index in [0.29, 0.717) is 31.4 Å². The van der Waals surface area contributed by atoms with Crippen LogP contribution in [-0.2, 0) is 33.6 Å². The lowest BCUT2D eigenvalue weighted by Crippen LogP contribution is -2.38. The molecule has 0 spiro atoms. The van der Waals surface area contributed by atoms with Gasteiger partial charge in [0.05, 0.1) is 23.5 Å². The number of aromatic amines is 1. The minimum absolute atomic E-state index is 0.175. The van der Waals surface area contributed by atoms with Crippen LogP contribution in [-0.4, -0.2) is 39.4 Å². The number of carbonyl (C=O) groups excluding carboxylic acids is 2. The fourth-order valence-corrected chi connectivity index (χ4v) is 5.39. The van der Waals surface area contributed by atoms with E-state index in [1.54, 1.807) is 12.1 Å². The van der Waals surface area contributed by atoms with Gasteiger partial charge in [-0.1, -0.05) is 95.1 Å². The molecular weight excluding hydrogens is 588 g/mol. The number of carboxylic acids is 1. The molecule has 0 saturated carbocycles. The topological polar surface area (TPSA) is 124 Å². The average molecular weight is 641 g/mol. The number of anilines is 1. The molecule has 4 N–H and O–H groups in total. The highest BCUT2D eigenvalue weighted by Crippen LogP contribution is 2.24. The van der Waals surface area contributed by atoms with Crippen LogP contribution in [0.1, 0.15) is 83.2 Å². The molecule has 3 aromatic carbocycles. The second kappa shape index (κ2) is 19.9. The van der Waals surface area contributed by atoms with E-state index in [4.69, 9.17) is 0 Å². The van der Waals surface area contributed by atoms with Crippen molar-refractivity contribution >= 4 is 34.5 Å². The maximum atomic E-state index is 13.3. The number of benzene rings is 3. The van der Waals surface area contributed by atoms with Crippen molar-refractivity contribution in [2.24, 2.45) is 17.8 Å². The standard InChI is InChI=1S/C35H42N4O4.C4H10/c1-2-10-25-17-19-26(20-18-25)21-22-27(34(41)36-24-33(40)37-29-12-4-3-5-13-29)23-28(35(42)43)11-6-9-16-32-38-30-14-7-8-15-31(30)39-32;1-4(2)3/h3-5,7-8,12-15,17-20,27-28H,2,6,9-11,16,21-24H2,1H3,(H,36,41)(H,37,40)(H,38,39)(H,42,43);4H,1-3H3/t27-,28?;/m1./s1. The highest BCUT2D eigenvalue weighted by molar-refractivity contribution is 5.94. The SMILES string of the molecule is CC(C)C.CCCc1ccc(CC[C@H](CC(CCCCc2nc3ccccc3[nH]2)C(=O)O)C(=O)NCC(=O)Nc2ccccc2)cc1. The second-order valence-electron chi connectivity index (χ2n) is 12.9. The summed E-state index contributed by atoms with van der Waals surface area (Å²) in [5.41, 5.74) is 4.95. The van der Waals surface area contributed by atoms with Crippen LogP contribution >= 0.6 is 0 Å². The summed E-state index contributed by atoms with van der Waals surface area (Å²) < 4.78 is 0. The van der Waals surface area contributed by atoms with Crippen LogP contribution in [0.4, 0.5) is 5.69 Å². The van der Waals surface area contributed by atoms with Crippen LogP contribution < -0.4 is 10.6 Å². The molecule has 1 aromatic heterocycles. The van der Waals surface area contributed by atoms with E-state index in [0.717, 1.165) is 54.0 Å². The summed E-state index contributed by atoms with van der Waals surface area (Å²) in [5, 5.41) is 15.6. The molecule has 0 radical (unpaired) electrons. The Morgan fingerprint density at radius 3 is 2.06 bits per heavy atom. The zero-order valence-corrected chi connectivity index (χ0v) is 28.4. The first-order chi connectivity index (χ1) is 22.6. The van der Waals surface area contributed by atoms with Crippen LogP contribution in [0.2, 0.25) is 0 Å². The largest absolute Gasteiger partial charge is 0.481 e. The summed E-state index contributed by atoms with van der Waals surface area (Å²) >= 11 is 0. The number of nitrogens with one attached hydrogen (secondary N) is 3. The van der Waals surface area contributed by atoms with Crippen molar-refractivity contribution in [1.82, 2.24) is 15.3 Å². The number of aryl methyl sites for hydroxylation is 3. The lowest BCUT2D eigenvalue weighted by Gasteiger charge is -2.21. The van der Waals surface area contributed by atoms with Gasteiger partial charge in [-0.3, -0.25) is 14.4 Å². The number of para-hydroxylation sites is 3. The number of carbonyl (C=O) groups is 3. The number of H-pyrrole nitrogens is 1. The molecule has 252 valence electrons. The fraction of sp³-hybridized carbons (Fsp3) is 0.436. The van der Waals surface area contributed by atoms with Gasteiger partial charge >= 0.3 is 5.97 Å². The number of imidazole rings is 1. The van der Waals surface area contributed by atoms with E-state index in [1.165, 1.54) is 5.56 Å². The zero-order valence-electron chi connectivity index (χ0n) is 28.4. The zero-order chi connectivity index (χ0) is 34.0. The maximum Gasteiger partial charge on any atom is 0.306 e. The maximum absolute atomic E-state index is 13.3. The van der Waals surface area contributed by atoms with Gasteiger partial charge < -0.3 is 20.7 Å². The molecule has 2 amide bonds. The molecule has 4 rings (SSSR count). The molecule has 2 atom stereocenters. The van der Waals surface area contributed by atoms with E-state index >= 15 is 0 Å². The minimum Gasteiger partial charge on any atom is -0.481 e. The third-order valence-corrected chi connectivity index (χ3v) is 7.77. The van der Waals surface area contributed by atoms with Gasteiger partial charge in [0.1, 0.15) is 5.82 Å². The highest BCUT2D eigenvalue weighted by Gasteiger charge is 2.27. The lowest BCUT2D eigenvalue weighted by molar-refractivity contribution is -0.143. The van der Waals surface area contributed by atoms with E-state index < -0.39 is 17.8 Å². The summed E-state index contributed by atoms with van der Waals surface area (Å²) in [7, 11) is 0. The Balaban J connectivity index is 0.00000142. The number of hydrogen-bond donors (Lipinski definition) is 4. The molecule has 0 aliphatic rings. The van der Waals surface area contributed by atoms with Crippen molar-refractivity contribution < 1.29 is 19.5 Å². The normalized spacial score (nSPS) is 12.2. The molecule has 1 unspecified atom stereocenters. The number of aromatic nitrogens is 2. The van der Waals surface area contributed by atoms with Crippen LogP contribution in [0.5, 0.6) is 0 Å². The first-order valence-corrected chi connectivity index (χ1v) is 17.0. The van der Waals surface area contributed by atoms with Gasteiger partial charge in [-0.2, -0.15) is 0 Å². The predicted octanol–water partition coefficient (Wildman–Crippen LogP) is 7.99. The third-order valence-electron chi connectivity index (χ3n) is 7.77. The molecule has 4 aromatic rings. The van der Waals surface area contributed by atoms with Crippen molar-refractivity contribution in [3.63, 3.8) is 0 Å². The molecule has 0 saturated heterocycles. The number of amides is 2. The monoisotopic (exact) mass is 640 g/mol. The van der Waals surface area contributed by atoms with Crippen LogP contribution in [0, 0.1) is 17.8 Å². The summed E-state index contributed by atoms with van der Waals surface area (Å²) in [6.45, 7) is 8.47. The quantitative estimate of drug-likeness (QED) is 0.0871. The van der Waals surface area contributed by atoms with Gasteiger partial charge in [-0.25, -0.2) is 4.98 Å². The van der Waals surface area contributed by atoms with Gasteiger partial charge in [0, 0.05) is 18.0 Å².